The first-order valence-corrected chi connectivity index (χ1v) is 12.3. The molecule has 0 aliphatic carbocycles. The zero-order chi connectivity index (χ0) is 25.0. The highest BCUT2D eigenvalue weighted by Gasteiger charge is 2.21. The van der Waals surface area contributed by atoms with Crippen molar-refractivity contribution >= 4 is 17.7 Å². The lowest BCUT2D eigenvalue weighted by molar-refractivity contribution is -0.138. The Labute approximate surface area is 206 Å². The van der Waals surface area contributed by atoms with Crippen LogP contribution in [-0.4, -0.2) is 83.0 Å². The van der Waals surface area contributed by atoms with Crippen LogP contribution in [-0.2, 0) is 22.4 Å². The fourth-order valence-electron chi connectivity index (χ4n) is 4.15. The number of anilines is 2. The molecule has 3 heterocycles. The van der Waals surface area contributed by atoms with Gasteiger partial charge in [-0.25, -0.2) is 24.1 Å². The molecule has 2 aromatic heterocycles. The number of carboxylic acids is 1. The van der Waals surface area contributed by atoms with Gasteiger partial charge >= 0.3 is 5.97 Å². The SMILES string of the molecule is COC[C@@H](F)CN(CCCCc1ccc2c(n1)NCCC2)CC[C@H](Nc1ncc(C)cn1)C(=O)O. The van der Waals surface area contributed by atoms with Crippen LogP contribution >= 0.6 is 0 Å². The summed E-state index contributed by atoms with van der Waals surface area (Å²) in [5.41, 5.74) is 3.22. The largest absolute Gasteiger partial charge is 0.480 e. The Hall–Kier alpha value is -2.85. The normalized spacial score (nSPS) is 14.7. The number of alkyl halides is 1. The number of rotatable bonds is 15. The van der Waals surface area contributed by atoms with E-state index in [0.717, 1.165) is 55.7 Å². The van der Waals surface area contributed by atoms with E-state index < -0.39 is 18.2 Å². The van der Waals surface area contributed by atoms with Gasteiger partial charge in [0.05, 0.1) is 6.61 Å². The second kappa shape index (κ2) is 13.9. The smallest absolute Gasteiger partial charge is 0.326 e. The van der Waals surface area contributed by atoms with Crippen molar-refractivity contribution in [2.45, 2.75) is 57.7 Å². The van der Waals surface area contributed by atoms with E-state index in [1.165, 1.54) is 12.7 Å². The van der Waals surface area contributed by atoms with Crippen molar-refractivity contribution in [2.24, 2.45) is 0 Å². The van der Waals surface area contributed by atoms with E-state index in [4.69, 9.17) is 9.72 Å². The number of aryl methyl sites for hydroxylation is 3. The van der Waals surface area contributed by atoms with Gasteiger partial charge in [-0.1, -0.05) is 6.07 Å². The summed E-state index contributed by atoms with van der Waals surface area (Å²) < 4.78 is 19.3. The summed E-state index contributed by atoms with van der Waals surface area (Å²) in [5.74, 6) is 0.277. The summed E-state index contributed by atoms with van der Waals surface area (Å²) in [5, 5.41) is 15.9. The Morgan fingerprint density at radius 1 is 1.29 bits per heavy atom. The molecule has 2 aromatic rings. The molecule has 0 unspecified atom stereocenters. The molecule has 0 aromatic carbocycles. The topological polar surface area (TPSA) is 113 Å². The fraction of sp³-hybridized carbons (Fsp3) is 0.600. The van der Waals surface area contributed by atoms with Crippen LogP contribution in [0.5, 0.6) is 0 Å². The molecule has 0 saturated heterocycles. The molecule has 192 valence electrons. The maximum Gasteiger partial charge on any atom is 0.326 e. The maximum absolute atomic E-state index is 14.3. The van der Waals surface area contributed by atoms with Gasteiger partial charge in [-0.05, 0) is 69.2 Å². The molecule has 3 rings (SSSR count). The number of hydrogen-bond donors (Lipinski definition) is 3. The standard InChI is InChI=1S/C25H37FN6O3/c1-18-14-28-25(29-15-18)31-22(24(33)34)10-13-32(16-20(26)17-35-2)12-4-3-7-21-9-8-19-6-5-11-27-23(19)30-21/h8-9,14-15,20,22H,3-7,10-13,16-17H2,1-2H3,(H,27,30)(H,33,34)(H,28,29,31)/t20-,22-/m0/s1. The molecule has 0 spiro atoms. The quantitative estimate of drug-likeness (QED) is 0.326. The Morgan fingerprint density at radius 3 is 2.83 bits per heavy atom. The van der Waals surface area contributed by atoms with Crippen LogP contribution in [0, 0.1) is 6.92 Å². The number of pyridine rings is 1. The van der Waals surface area contributed by atoms with E-state index in [2.05, 4.69) is 32.7 Å². The zero-order valence-electron chi connectivity index (χ0n) is 20.7. The van der Waals surface area contributed by atoms with E-state index in [9.17, 15) is 14.3 Å². The molecule has 2 atom stereocenters. The predicted molar refractivity (Wildman–Crippen MR) is 134 cm³/mol. The molecule has 1 aliphatic rings. The summed E-state index contributed by atoms with van der Waals surface area (Å²) in [6, 6.07) is 3.38. The number of ether oxygens (including phenoxy) is 1. The second-order valence-electron chi connectivity index (χ2n) is 9.06. The first-order chi connectivity index (χ1) is 16.9. The number of methoxy groups -OCH3 is 1. The number of aliphatic carboxylic acids is 1. The third-order valence-corrected chi connectivity index (χ3v) is 6.03. The third kappa shape index (κ3) is 9.03. The summed E-state index contributed by atoms with van der Waals surface area (Å²) in [4.78, 5) is 26.8. The molecule has 0 saturated carbocycles. The van der Waals surface area contributed by atoms with Crippen LogP contribution < -0.4 is 10.6 Å². The molecule has 0 radical (unpaired) electrons. The molecule has 0 fully saturated rings. The van der Waals surface area contributed by atoms with Gasteiger partial charge in [0, 0.05) is 44.8 Å². The first kappa shape index (κ1) is 26.7. The van der Waals surface area contributed by atoms with E-state index >= 15 is 0 Å². The van der Waals surface area contributed by atoms with Gasteiger partial charge < -0.3 is 25.4 Å². The van der Waals surface area contributed by atoms with Gasteiger partial charge in [-0.2, -0.15) is 0 Å². The van der Waals surface area contributed by atoms with Gasteiger partial charge in [0.25, 0.3) is 0 Å². The lowest BCUT2D eigenvalue weighted by Gasteiger charge is -2.25. The number of fused-ring (bicyclic) bond motifs is 1. The molecular weight excluding hydrogens is 451 g/mol. The lowest BCUT2D eigenvalue weighted by Crippen LogP contribution is -2.39. The minimum atomic E-state index is -1.13. The monoisotopic (exact) mass is 488 g/mol. The first-order valence-electron chi connectivity index (χ1n) is 12.3. The fourth-order valence-corrected chi connectivity index (χ4v) is 4.15. The predicted octanol–water partition coefficient (Wildman–Crippen LogP) is 3.10. The number of nitrogens with zero attached hydrogens (tertiary/aromatic N) is 4. The Kier molecular flexibility index (Phi) is 10.6. The highest BCUT2D eigenvalue weighted by molar-refractivity contribution is 5.76. The molecular formula is C25H37FN6O3. The van der Waals surface area contributed by atoms with Crippen LogP contribution in [0.25, 0.3) is 0 Å². The highest BCUT2D eigenvalue weighted by atomic mass is 19.1. The van der Waals surface area contributed by atoms with Crippen molar-refractivity contribution in [1.82, 2.24) is 19.9 Å². The molecule has 3 N–H and O–H groups in total. The number of hydrogen-bond acceptors (Lipinski definition) is 8. The van der Waals surface area contributed by atoms with Crippen LogP contribution in [0.2, 0.25) is 0 Å². The number of nitrogens with one attached hydrogen (secondary N) is 2. The molecule has 35 heavy (non-hydrogen) atoms. The Morgan fingerprint density at radius 2 is 2.09 bits per heavy atom. The molecule has 1 aliphatic heterocycles. The molecule has 0 bridgehead atoms. The van der Waals surface area contributed by atoms with Crippen LogP contribution in [0.1, 0.15) is 42.5 Å². The number of halogens is 1. The highest BCUT2D eigenvalue weighted by Crippen LogP contribution is 2.20. The number of aromatic nitrogens is 3. The maximum atomic E-state index is 14.3. The van der Waals surface area contributed by atoms with E-state index in [1.54, 1.807) is 12.4 Å². The van der Waals surface area contributed by atoms with Crippen LogP contribution in [0.4, 0.5) is 16.2 Å². The van der Waals surface area contributed by atoms with Crippen molar-refractivity contribution in [3.8, 4) is 0 Å². The summed E-state index contributed by atoms with van der Waals surface area (Å²) >= 11 is 0. The number of carboxylic acid groups (broad SMARTS) is 1. The van der Waals surface area contributed by atoms with E-state index in [-0.39, 0.29) is 19.1 Å². The average Bonchev–Trinajstić information content (AvgIpc) is 2.85. The zero-order valence-corrected chi connectivity index (χ0v) is 20.7. The van der Waals surface area contributed by atoms with Crippen LogP contribution in [0.15, 0.2) is 24.5 Å². The molecule has 9 nitrogen and oxygen atoms in total. The van der Waals surface area contributed by atoms with Gasteiger partial charge in [-0.3, -0.25) is 0 Å². The number of unbranched alkanes of at least 4 members (excludes halogenated alkanes) is 1. The van der Waals surface area contributed by atoms with Crippen molar-refractivity contribution in [2.75, 3.05) is 50.5 Å². The summed E-state index contributed by atoms with van der Waals surface area (Å²) in [7, 11) is 1.48. The summed E-state index contributed by atoms with van der Waals surface area (Å²) in [6.07, 6.45) is 7.26. The minimum Gasteiger partial charge on any atom is -0.480 e. The second-order valence-corrected chi connectivity index (χ2v) is 9.06. The van der Waals surface area contributed by atoms with Gasteiger partial charge in [0.1, 0.15) is 18.0 Å². The Bertz CT molecular complexity index is 930. The van der Waals surface area contributed by atoms with Crippen molar-refractivity contribution in [3.63, 3.8) is 0 Å². The van der Waals surface area contributed by atoms with Crippen molar-refractivity contribution < 1.29 is 19.0 Å². The van der Waals surface area contributed by atoms with Crippen molar-refractivity contribution in [1.29, 1.82) is 0 Å². The van der Waals surface area contributed by atoms with Crippen molar-refractivity contribution in [3.05, 3.63) is 41.3 Å². The minimum absolute atomic E-state index is 0.0142. The van der Waals surface area contributed by atoms with E-state index in [1.807, 2.05) is 11.8 Å². The molecule has 0 amide bonds. The Balaban J connectivity index is 1.50. The lowest BCUT2D eigenvalue weighted by atomic mass is 10.1. The van der Waals surface area contributed by atoms with Gasteiger partial charge in [0.15, 0.2) is 0 Å². The van der Waals surface area contributed by atoms with Crippen LogP contribution in [0.3, 0.4) is 0 Å². The van der Waals surface area contributed by atoms with E-state index in [0.29, 0.717) is 19.5 Å². The third-order valence-electron chi connectivity index (χ3n) is 6.03. The van der Waals surface area contributed by atoms with Gasteiger partial charge in [0.2, 0.25) is 5.95 Å². The number of carbonyl (C=O) groups is 1. The molecule has 10 heteroatoms. The summed E-state index contributed by atoms with van der Waals surface area (Å²) in [6.45, 7) is 4.14. The van der Waals surface area contributed by atoms with Gasteiger partial charge in [-0.15, -0.1) is 0 Å². The average molecular weight is 489 g/mol.